The van der Waals surface area contributed by atoms with Gasteiger partial charge in [-0.2, -0.15) is 0 Å². The van der Waals surface area contributed by atoms with Gasteiger partial charge in [-0.25, -0.2) is 0 Å². The maximum absolute atomic E-state index is 6.34. The Morgan fingerprint density at radius 3 is 1.78 bits per heavy atom. The van der Waals surface area contributed by atoms with E-state index in [0.29, 0.717) is 0 Å². The van der Waals surface area contributed by atoms with Crippen LogP contribution in [0.1, 0.15) is 40.2 Å². The van der Waals surface area contributed by atoms with Crippen molar-refractivity contribution in [1.29, 1.82) is 0 Å². The lowest BCUT2D eigenvalue weighted by Gasteiger charge is -2.36. The molecular formula is C19H37NOSi2. The van der Waals surface area contributed by atoms with E-state index in [1.54, 1.807) is 0 Å². The van der Waals surface area contributed by atoms with Crippen LogP contribution in [-0.2, 0) is 11.0 Å². The Balaban J connectivity index is 2.82. The lowest BCUT2D eigenvalue weighted by molar-refractivity contribution is 0.276. The third kappa shape index (κ3) is 5.02. The quantitative estimate of drug-likeness (QED) is 0.644. The maximum atomic E-state index is 6.34. The summed E-state index contributed by atoms with van der Waals surface area (Å²) in [5.41, 5.74) is 1.29. The van der Waals surface area contributed by atoms with Crippen LogP contribution in [-0.4, -0.2) is 34.2 Å². The maximum Gasteiger partial charge on any atom is 0.192 e. The van der Waals surface area contributed by atoms with Crippen molar-refractivity contribution in [3.8, 4) is 0 Å². The van der Waals surface area contributed by atoms with Crippen LogP contribution in [0.5, 0.6) is 0 Å². The van der Waals surface area contributed by atoms with Crippen molar-refractivity contribution < 1.29 is 4.43 Å². The van der Waals surface area contributed by atoms with Crippen LogP contribution >= 0.6 is 0 Å². The van der Waals surface area contributed by atoms with E-state index < -0.39 is 16.6 Å². The summed E-state index contributed by atoms with van der Waals surface area (Å²) in [4.78, 5) is 0. The van der Waals surface area contributed by atoms with Crippen molar-refractivity contribution in [1.82, 2.24) is 4.57 Å². The topological polar surface area (TPSA) is 12.5 Å². The van der Waals surface area contributed by atoms with Crippen molar-refractivity contribution in [2.24, 2.45) is 0 Å². The molecule has 0 N–H and O–H groups in total. The van der Waals surface area contributed by atoms with Crippen molar-refractivity contribution in [2.75, 3.05) is 13.1 Å². The molecule has 0 aliphatic carbocycles. The van der Waals surface area contributed by atoms with Gasteiger partial charge < -0.3 is 8.99 Å². The van der Waals surface area contributed by atoms with Crippen LogP contribution in [0.25, 0.3) is 0 Å². The smallest absolute Gasteiger partial charge is 0.192 e. The van der Waals surface area contributed by atoms with E-state index in [9.17, 15) is 0 Å². The largest absolute Gasteiger partial charge is 0.413 e. The third-order valence-corrected chi connectivity index (χ3v) is 14.1. The summed E-state index contributed by atoms with van der Waals surface area (Å²) in [7, 11) is -3.19. The van der Waals surface area contributed by atoms with Crippen LogP contribution in [0, 0.1) is 0 Å². The van der Waals surface area contributed by atoms with Gasteiger partial charge in [0.05, 0.1) is 6.61 Å². The average molecular weight is 352 g/mol. The summed E-state index contributed by atoms with van der Waals surface area (Å²) in [6, 6.07) is 9.19. The minimum atomic E-state index is -1.67. The Morgan fingerprint density at radius 2 is 1.39 bits per heavy atom. The van der Waals surface area contributed by atoms with Crippen molar-refractivity contribution >= 4 is 21.7 Å². The van der Waals surface area contributed by atoms with E-state index in [1.165, 1.54) is 10.8 Å². The molecule has 0 fully saturated rings. The van der Waals surface area contributed by atoms with Gasteiger partial charge in [-0.1, -0.05) is 72.0 Å². The SMILES string of the molecule is CCN(CC)[Si](C)(C)c1ccc(CO[Si](C)(C)C(C)(C)C)cc1. The Kier molecular flexibility index (Phi) is 6.85. The first-order valence-electron chi connectivity index (χ1n) is 8.94. The van der Waals surface area contributed by atoms with Gasteiger partial charge >= 0.3 is 0 Å². The van der Waals surface area contributed by atoms with Crippen LogP contribution < -0.4 is 5.19 Å². The predicted octanol–water partition coefficient (Wildman–Crippen LogP) is 4.96. The molecule has 0 spiro atoms. The van der Waals surface area contributed by atoms with Crippen molar-refractivity contribution in [3.63, 3.8) is 0 Å². The fourth-order valence-electron chi connectivity index (χ4n) is 2.69. The molecule has 23 heavy (non-hydrogen) atoms. The Morgan fingerprint density at radius 1 is 0.913 bits per heavy atom. The van der Waals surface area contributed by atoms with E-state index in [-0.39, 0.29) is 5.04 Å². The first-order chi connectivity index (χ1) is 10.5. The summed E-state index contributed by atoms with van der Waals surface area (Å²) >= 11 is 0. The zero-order valence-electron chi connectivity index (χ0n) is 16.8. The first kappa shape index (κ1) is 20.6. The summed E-state index contributed by atoms with van der Waals surface area (Å²) < 4.78 is 8.97. The molecule has 0 saturated heterocycles. The molecule has 0 saturated carbocycles. The summed E-state index contributed by atoms with van der Waals surface area (Å²) in [6.45, 7) is 23.9. The minimum absolute atomic E-state index is 0.268. The van der Waals surface area contributed by atoms with Gasteiger partial charge in [-0.15, -0.1) is 0 Å². The van der Waals surface area contributed by atoms with Gasteiger partial charge in [-0.3, -0.25) is 0 Å². The summed E-state index contributed by atoms with van der Waals surface area (Å²) in [6.07, 6.45) is 0. The highest BCUT2D eigenvalue weighted by Crippen LogP contribution is 2.37. The second kappa shape index (κ2) is 7.64. The lowest BCUT2D eigenvalue weighted by Crippen LogP contribution is -2.57. The van der Waals surface area contributed by atoms with E-state index in [4.69, 9.17) is 4.43 Å². The fourth-order valence-corrected chi connectivity index (χ4v) is 6.58. The fraction of sp³-hybridized carbons (Fsp3) is 0.684. The van der Waals surface area contributed by atoms with Crippen LogP contribution in [0.4, 0.5) is 0 Å². The molecule has 0 atom stereocenters. The highest BCUT2D eigenvalue weighted by atomic mass is 28.4. The second-order valence-corrected chi connectivity index (χ2v) is 17.6. The Bertz CT molecular complexity index is 485. The first-order valence-corrected chi connectivity index (χ1v) is 14.8. The molecule has 0 aliphatic rings. The van der Waals surface area contributed by atoms with Gasteiger partial charge in [0.25, 0.3) is 0 Å². The van der Waals surface area contributed by atoms with Gasteiger partial charge in [0.1, 0.15) is 0 Å². The molecule has 0 bridgehead atoms. The van der Waals surface area contributed by atoms with E-state index >= 15 is 0 Å². The number of nitrogens with zero attached hydrogens (tertiary/aromatic N) is 1. The molecule has 1 rings (SSSR count). The number of hydrogen-bond acceptors (Lipinski definition) is 2. The zero-order chi connectivity index (χ0) is 17.9. The number of benzene rings is 1. The molecule has 1 aromatic rings. The molecule has 1 aromatic carbocycles. The highest BCUT2D eigenvalue weighted by molar-refractivity contribution is 6.87. The summed E-state index contributed by atoms with van der Waals surface area (Å²) in [5, 5.41) is 1.78. The van der Waals surface area contributed by atoms with Gasteiger partial charge in [0, 0.05) is 0 Å². The number of hydrogen-bond donors (Lipinski definition) is 0. The molecule has 0 unspecified atom stereocenters. The van der Waals surface area contributed by atoms with E-state index in [1.807, 2.05) is 0 Å². The standard InChI is InChI=1S/C19H37NOSi2/c1-10-20(11-2)22(6,7)18-14-12-17(13-15-18)16-21-23(8,9)19(3,4)5/h12-15H,10-11,16H2,1-9H3. The molecule has 0 radical (unpaired) electrons. The van der Waals surface area contributed by atoms with Crippen LogP contribution in [0.15, 0.2) is 24.3 Å². The Hall–Kier alpha value is -0.426. The molecule has 4 heteroatoms. The van der Waals surface area contributed by atoms with Crippen LogP contribution in [0.2, 0.25) is 31.2 Å². The lowest BCUT2D eigenvalue weighted by atomic mass is 10.2. The predicted molar refractivity (Wildman–Crippen MR) is 108 cm³/mol. The highest BCUT2D eigenvalue weighted by Gasteiger charge is 2.37. The van der Waals surface area contributed by atoms with Gasteiger partial charge in [0.15, 0.2) is 16.6 Å². The molecule has 0 amide bonds. The summed E-state index contributed by atoms with van der Waals surface area (Å²) in [5.74, 6) is 0. The molecule has 0 heterocycles. The number of rotatable bonds is 7. The minimum Gasteiger partial charge on any atom is -0.413 e. The van der Waals surface area contributed by atoms with Gasteiger partial charge in [-0.05, 0) is 42.0 Å². The van der Waals surface area contributed by atoms with Crippen molar-refractivity contribution in [2.45, 2.75) is 72.5 Å². The monoisotopic (exact) mass is 351 g/mol. The average Bonchev–Trinajstić information content (AvgIpc) is 2.45. The molecule has 132 valence electrons. The molecule has 0 aromatic heterocycles. The van der Waals surface area contributed by atoms with Gasteiger partial charge in [0.2, 0.25) is 0 Å². The molecule has 0 aliphatic heterocycles. The normalized spacial score (nSPS) is 13.7. The second-order valence-electron chi connectivity index (χ2n) is 8.48. The van der Waals surface area contributed by atoms with E-state index in [0.717, 1.165) is 19.7 Å². The molecule has 2 nitrogen and oxygen atoms in total. The van der Waals surface area contributed by atoms with Crippen LogP contribution in [0.3, 0.4) is 0 Å². The Labute approximate surface area is 146 Å². The van der Waals surface area contributed by atoms with Crippen molar-refractivity contribution in [3.05, 3.63) is 29.8 Å². The molecular weight excluding hydrogens is 314 g/mol. The zero-order valence-corrected chi connectivity index (χ0v) is 18.8. The third-order valence-electron chi connectivity index (χ3n) is 5.62. The van der Waals surface area contributed by atoms with E-state index in [2.05, 4.69) is 89.6 Å².